The maximum atomic E-state index is 13.4. The third-order valence-corrected chi connectivity index (χ3v) is 2.54. The summed E-state index contributed by atoms with van der Waals surface area (Å²) in [5, 5.41) is 9.91. The molecule has 0 bridgehead atoms. The van der Waals surface area contributed by atoms with Gasteiger partial charge in [0.25, 0.3) is 0 Å². The first-order chi connectivity index (χ1) is 7.23. The highest BCUT2D eigenvalue weighted by molar-refractivity contribution is 5.85. The van der Waals surface area contributed by atoms with E-state index in [2.05, 4.69) is 0 Å². The highest BCUT2D eigenvalue weighted by atomic mass is 35.5. The minimum atomic E-state index is -0.941. The van der Waals surface area contributed by atoms with Crippen LogP contribution in [0.15, 0.2) is 18.2 Å². The van der Waals surface area contributed by atoms with E-state index in [9.17, 15) is 13.9 Å². The molecule has 0 spiro atoms. The van der Waals surface area contributed by atoms with Gasteiger partial charge in [0, 0.05) is 5.56 Å². The maximum absolute atomic E-state index is 13.4. The average molecular weight is 266 g/mol. The SMILES string of the molecule is CC(C)(C)[C@H](O)[C@H](N)c1cc(F)ccc1F.Cl. The van der Waals surface area contributed by atoms with Crippen LogP contribution < -0.4 is 5.73 Å². The molecule has 3 N–H and O–H groups in total. The molecule has 0 saturated heterocycles. The summed E-state index contributed by atoms with van der Waals surface area (Å²) in [6, 6.07) is 2.12. The van der Waals surface area contributed by atoms with Gasteiger partial charge in [-0.2, -0.15) is 0 Å². The van der Waals surface area contributed by atoms with Crippen molar-refractivity contribution < 1.29 is 13.9 Å². The number of aliphatic hydroxyl groups excluding tert-OH is 1. The van der Waals surface area contributed by atoms with Gasteiger partial charge in [-0.3, -0.25) is 0 Å². The lowest BCUT2D eigenvalue weighted by atomic mass is 9.82. The van der Waals surface area contributed by atoms with Gasteiger partial charge in [0.2, 0.25) is 0 Å². The Morgan fingerprint density at radius 1 is 1.24 bits per heavy atom. The average Bonchev–Trinajstić information content (AvgIpc) is 2.18. The van der Waals surface area contributed by atoms with Crippen molar-refractivity contribution in [1.82, 2.24) is 0 Å². The van der Waals surface area contributed by atoms with Crippen LogP contribution in [0.3, 0.4) is 0 Å². The second-order valence-corrected chi connectivity index (χ2v) is 5.00. The Bertz CT molecular complexity index is 379. The number of halogens is 3. The molecule has 0 aliphatic carbocycles. The van der Waals surface area contributed by atoms with Crippen molar-refractivity contribution in [2.45, 2.75) is 32.9 Å². The fraction of sp³-hybridized carbons (Fsp3) is 0.500. The van der Waals surface area contributed by atoms with Crippen LogP contribution in [0.1, 0.15) is 32.4 Å². The predicted molar refractivity (Wildman–Crippen MR) is 66.0 cm³/mol. The minimum Gasteiger partial charge on any atom is -0.391 e. The van der Waals surface area contributed by atoms with Crippen molar-refractivity contribution in [2.24, 2.45) is 11.1 Å². The quantitative estimate of drug-likeness (QED) is 0.864. The summed E-state index contributed by atoms with van der Waals surface area (Å²) in [5.41, 5.74) is 5.25. The molecule has 1 aromatic rings. The first-order valence-corrected chi connectivity index (χ1v) is 5.12. The van der Waals surface area contributed by atoms with E-state index >= 15 is 0 Å². The number of nitrogens with two attached hydrogens (primary N) is 1. The lowest BCUT2D eigenvalue weighted by Gasteiger charge is -2.31. The van der Waals surface area contributed by atoms with Gasteiger partial charge in [-0.05, 0) is 23.6 Å². The molecular weight excluding hydrogens is 248 g/mol. The largest absolute Gasteiger partial charge is 0.391 e. The van der Waals surface area contributed by atoms with Crippen molar-refractivity contribution >= 4 is 12.4 Å². The number of hydrogen-bond donors (Lipinski definition) is 2. The number of benzene rings is 1. The van der Waals surface area contributed by atoms with Crippen LogP contribution in [0.25, 0.3) is 0 Å². The molecule has 0 saturated carbocycles. The molecule has 0 aromatic heterocycles. The van der Waals surface area contributed by atoms with Crippen LogP contribution in [-0.4, -0.2) is 11.2 Å². The van der Waals surface area contributed by atoms with Crippen molar-refractivity contribution in [2.75, 3.05) is 0 Å². The van der Waals surface area contributed by atoms with Crippen LogP contribution >= 0.6 is 12.4 Å². The van der Waals surface area contributed by atoms with Gasteiger partial charge < -0.3 is 10.8 Å². The zero-order chi connectivity index (χ0) is 12.5. The first-order valence-electron chi connectivity index (χ1n) is 5.12. The van der Waals surface area contributed by atoms with E-state index in [1.165, 1.54) is 0 Å². The zero-order valence-electron chi connectivity index (χ0n) is 10.1. The van der Waals surface area contributed by atoms with E-state index in [-0.39, 0.29) is 18.0 Å². The summed E-state index contributed by atoms with van der Waals surface area (Å²) < 4.78 is 26.4. The highest BCUT2D eigenvalue weighted by Crippen LogP contribution is 2.29. The first kappa shape index (κ1) is 16.3. The molecule has 0 unspecified atom stereocenters. The number of rotatable bonds is 2. The fourth-order valence-electron chi connectivity index (χ4n) is 1.48. The van der Waals surface area contributed by atoms with Gasteiger partial charge in [0.1, 0.15) is 11.6 Å². The maximum Gasteiger partial charge on any atom is 0.128 e. The molecule has 0 amide bonds. The van der Waals surface area contributed by atoms with Crippen molar-refractivity contribution in [3.8, 4) is 0 Å². The van der Waals surface area contributed by atoms with Gasteiger partial charge in [0.05, 0.1) is 12.1 Å². The second-order valence-electron chi connectivity index (χ2n) is 5.00. The lowest BCUT2D eigenvalue weighted by molar-refractivity contribution is 0.0391. The van der Waals surface area contributed by atoms with Crippen LogP contribution in [0.2, 0.25) is 0 Å². The van der Waals surface area contributed by atoms with E-state index in [1.54, 1.807) is 20.8 Å². The molecule has 0 aliphatic heterocycles. The van der Waals surface area contributed by atoms with Crippen LogP contribution in [0, 0.1) is 17.0 Å². The van der Waals surface area contributed by atoms with E-state index in [0.29, 0.717) is 0 Å². The molecule has 98 valence electrons. The van der Waals surface area contributed by atoms with Gasteiger partial charge in [-0.15, -0.1) is 12.4 Å². The Morgan fingerprint density at radius 2 is 1.76 bits per heavy atom. The molecule has 5 heteroatoms. The predicted octanol–water partition coefficient (Wildman–Crippen LogP) is 2.79. The monoisotopic (exact) mass is 265 g/mol. The van der Waals surface area contributed by atoms with Crippen LogP contribution in [0.4, 0.5) is 8.78 Å². The Labute approximate surface area is 106 Å². The molecule has 2 nitrogen and oxygen atoms in total. The number of aliphatic hydroxyl groups is 1. The van der Waals surface area contributed by atoms with Crippen molar-refractivity contribution in [1.29, 1.82) is 0 Å². The van der Waals surface area contributed by atoms with E-state index in [4.69, 9.17) is 5.73 Å². The summed E-state index contributed by atoms with van der Waals surface area (Å²) in [4.78, 5) is 0. The molecular formula is C12H18ClF2NO. The molecule has 2 atom stereocenters. The van der Waals surface area contributed by atoms with E-state index in [0.717, 1.165) is 18.2 Å². The summed E-state index contributed by atoms with van der Waals surface area (Å²) in [7, 11) is 0. The zero-order valence-corrected chi connectivity index (χ0v) is 10.9. The molecule has 1 rings (SSSR count). The summed E-state index contributed by atoms with van der Waals surface area (Å²) in [6.45, 7) is 5.36. The smallest absolute Gasteiger partial charge is 0.128 e. The topological polar surface area (TPSA) is 46.2 Å². The van der Waals surface area contributed by atoms with Gasteiger partial charge in [-0.1, -0.05) is 20.8 Å². The van der Waals surface area contributed by atoms with Crippen molar-refractivity contribution in [3.05, 3.63) is 35.4 Å². The third kappa shape index (κ3) is 3.91. The van der Waals surface area contributed by atoms with E-state index in [1.807, 2.05) is 0 Å². The Balaban J connectivity index is 0.00000256. The van der Waals surface area contributed by atoms with E-state index < -0.39 is 29.2 Å². The van der Waals surface area contributed by atoms with Gasteiger partial charge in [-0.25, -0.2) is 8.78 Å². The molecule has 0 fully saturated rings. The Hall–Kier alpha value is -0.710. The Kier molecular flexibility index (Phi) is 5.52. The summed E-state index contributed by atoms with van der Waals surface area (Å²) >= 11 is 0. The number of hydrogen-bond acceptors (Lipinski definition) is 2. The van der Waals surface area contributed by atoms with Crippen molar-refractivity contribution in [3.63, 3.8) is 0 Å². The lowest BCUT2D eigenvalue weighted by Crippen LogP contribution is -2.37. The third-order valence-electron chi connectivity index (χ3n) is 2.54. The molecule has 0 aliphatic rings. The standard InChI is InChI=1S/C12H17F2NO.ClH/c1-12(2,3)11(16)10(15)8-6-7(13)4-5-9(8)14;/h4-6,10-11,16H,15H2,1-3H3;1H/t10-,11-;/m1./s1. The summed E-state index contributed by atoms with van der Waals surface area (Å²) in [5.74, 6) is -1.16. The molecule has 17 heavy (non-hydrogen) atoms. The van der Waals surface area contributed by atoms with Gasteiger partial charge in [0.15, 0.2) is 0 Å². The Morgan fingerprint density at radius 3 is 2.24 bits per heavy atom. The normalized spacial score (nSPS) is 15.0. The van der Waals surface area contributed by atoms with Crippen LogP contribution in [-0.2, 0) is 0 Å². The van der Waals surface area contributed by atoms with Gasteiger partial charge >= 0.3 is 0 Å². The highest BCUT2D eigenvalue weighted by Gasteiger charge is 2.30. The molecule has 0 radical (unpaired) electrons. The summed E-state index contributed by atoms with van der Waals surface area (Å²) in [6.07, 6.45) is -0.941. The molecule has 0 heterocycles. The fourth-order valence-corrected chi connectivity index (χ4v) is 1.48. The second kappa shape index (κ2) is 5.76. The van der Waals surface area contributed by atoms with Crippen LogP contribution in [0.5, 0.6) is 0 Å². The minimum absolute atomic E-state index is 0. The molecule has 1 aromatic carbocycles.